The maximum Gasteiger partial charge on any atom is 0.233 e. The van der Waals surface area contributed by atoms with Gasteiger partial charge in [0.15, 0.2) is 0 Å². The van der Waals surface area contributed by atoms with Gasteiger partial charge >= 0.3 is 0 Å². The van der Waals surface area contributed by atoms with E-state index >= 15 is 0 Å². The molecule has 0 fully saturated rings. The summed E-state index contributed by atoms with van der Waals surface area (Å²) in [7, 11) is 0. The third-order valence-electron chi connectivity index (χ3n) is 2.87. The minimum Gasteiger partial charge on any atom is -0.351 e. The van der Waals surface area contributed by atoms with Gasteiger partial charge in [-0.3, -0.25) is 4.79 Å². The zero-order valence-electron chi connectivity index (χ0n) is 13.5. The quantitative estimate of drug-likeness (QED) is 0.876. The fourth-order valence-corrected chi connectivity index (χ4v) is 2.59. The lowest BCUT2D eigenvalue weighted by Gasteiger charge is -2.22. The molecule has 22 heavy (non-hydrogen) atoms. The molecule has 0 aliphatic carbocycles. The first-order chi connectivity index (χ1) is 10.3. The van der Waals surface area contributed by atoms with Gasteiger partial charge in [-0.2, -0.15) is 4.68 Å². The van der Waals surface area contributed by atoms with Crippen molar-refractivity contribution in [1.82, 2.24) is 25.5 Å². The van der Waals surface area contributed by atoms with E-state index in [1.54, 1.807) is 4.68 Å². The van der Waals surface area contributed by atoms with Crippen LogP contribution in [-0.2, 0) is 4.79 Å². The molecular formula is C15H21N5OS. The molecule has 0 bridgehead atoms. The van der Waals surface area contributed by atoms with E-state index in [4.69, 9.17) is 0 Å². The van der Waals surface area contributed by atoms with Crippen LogP contribution < -0.4 is 5.32 Å². The smallest absolute Gasteiger partial charge is 0.233 e. The van der Waals surface area contributed by atoms with Crippen LogP contribution in [0.25, 0.3) is 5.69 Å². The summed E-state index contributed by atoms with van der Waals surface area (Å²) in [5.74, 6) is -0.0315. The number of aromatic nitrogens is 4. The van der Waals surface area contributed by atoms with E-state index in [-0.39, 0.29) is 16.7 Å². The number of rotatable bonds is 4. The highest BCUT2D eigenvalue weighted by Gasteiger charge is 2.22. The molecule has 0 spiro atoms. The molecule has 6 nitrogen and oxygen atoms in total. The first-order valence-corrected chi connectivity index (χ1v) is 7.98. The van der Waals surface area contributed by atoms with Gasteiger partial charge in [-0.1, -0.05) is 29.5 Å². The second-order valence-corrected chi connectivity index (χ2v) is 7.52. The maximum atomic E-state index is 12.2. The number of nitrogens with zero attached hydrogens (tertiary/aromatic N) is 4. The summed E-state index contributed by atoms with van der Waals surface area (Å²) in [5, 5.41) is 15.0. The van der Waals surface area contributed by atoms with Crippen LogP contribution in [0, 0.1) is 6.92 Å². The van der Waals surface area contributed by atoms with Crippen LogP contribution in [0.1, 0.15) is 33.3 Å². The van der Waals surface area contributed by atoms with Crippen molar-refractivity contribution in [2.45, 2.75) is 50.6 Å². The Labute approximate surface area is 134 Å². The van der Waals surface area contributed by atoms with Crippen LogP contribution in [0.15, 0.2) is 29.4 Å². The van der Waals surface area contributed by atoms with Gasteiger partial charge in [0, 0.05) is 5.54 Å². The van der Waals surface area contributed by atoms with E-state index in [0.717, 1.165) is 5.69 Å². The average Bonchev–Trinajstić information content (AvgIpc) is 2.85. The van der Waals surface area contributed by atoms with Crippen LogP contribution in [-0.4, -0.2) is 36.9 Å². The number of hydrogen-bond donors (Lipinski definition) is 1. The Hall–Kier alpha value is -1.89. The molecule has 1 atom stereocenters. The fourth-order valence-electron chi connectivity index (χ4n) is 1.78. The van der Waals surface area contributed by atoms with Crippen molar-refractivity contribution >= 4 is 17.7 Å². The summed E-state index contributed by atoms with van der Waals surface area (Å²) in [6.07, 6.45) is 0. The van der Waals surface area contributed by atoms with E-state index in [9.17, 15) is 4.79 Å². The first-order valence-electron chi connectivity index (χ1n) is 7.10. The van der Waals surface area contributed by atoms with Gasteiger partial charge in [0.25, 0.3) is 0 Å². The highest BCUT2D eigenvalue weighted by atomic mass is 32.2. The van der Waals surface area contributed by atoms with Crippen molar-refractivity contribution in [3.8, 4) is 5.69 Å². The second kappa shape index (κ2) is 6.48. The highest BCUT2D eigenvalue weighted by molar-refractivity contribution is 8.00. The fraction of sp³-hybridized carbons (Fsp3) is 0.467. The number of aryl methyl sites for hydroxylation is 1. The van der Waals surface area contributed by atoms with Crippen molar-refractivity contribution in [2.24, 2.45) is 0 Å². The summed E-state index contributed by atoms with van der Waals surface area (Å²) in [6.45, 7) is 9.74. The van der Waals surface area contributed by atoms with Crippen molar-refractivity contribution in [1.29, 1.82) is 0 Å². The molecule has 1 amide bonds. The largest absolute Gasteiger partial charge is 0.351 e. The Morgan fingerprint density at radius 3 is 2.50 bits per heavy atom. The van der Waals surface area contributed by atoms with Crippen LogP contribution in [0.5, 0.6) is 0 Å². The van der Waals surface area contributed by atoms with E-state index in [2.05, 4.69) is 20.8 Å². The molecule has 1 aromatic carbocycles. The van der Waals surface area contributed by atoms with Gasteiger partial charge in [-0.05, 0) is 57.2 Å². The first kappa shape index (κ1) is 16.5. The van der Waals surface area contributed by atoms with Gasteiger partial charge in [-0.15, -0.1) is 5.10 Å². The molecule has 2 aromatic rings. The monoisotopic (exact) mass is 319 g/mol. The average molecular weight is 319 g/mol. The lowest BCUT2D eigenvalue weighted by atomic mass is 10.1. The number of nitrogens with one attached hydrogen (secondary N) is 1. The summed E-state index contributed by atoms with van der Waals surface area (Å²) < 4.78 is 1.64. The Balaban J connectivity index is 2.13. The molecule has 118 valence electrons. The minimum absolute atomic E-state index is 0.0315. The van der Waals surface area contributed by atoms with Gasteiger partial charge in [0.1, 0.15) is 0 Å². The van der Waals surface area contributed by atoms with Crippen LogP contribution in [0.4, 0.5) is 0 Å². The zero-order valence-corrected chi connectivity index (χ0v) is 14.3. The summed E-state index contributed by atoms with van der Waals surface area (Å²) in [5.41, 5.74) is 1.79. The van der Waals surface area contributed by atoms with Gasteiger partial charge in [0.2, 0.25) is 11.1 Å². The summed E-state index contributed by atoms with van der Waals surface area (Å²) in [4.78, 5) is 12.2. The molecule has 2 rings (SSSR count). The molecule has 1 N–H and O–H groups in total. The maximum absolute atomic E-state index is 12.2. The Bertz CT molecular complexity index is 645. The van der Waals surface area contributed by atoms with Crippen molar-refractivity contribution in [3.63, 3.8) is 0 Å². The third-order valence-corrected chi connectivity index (χ3v) is 3.90. The molecular weight excluding hydrogens is 298 g/mol. The lowest BCUT2D eigenvalue weighted by molar-refractivity contribution is -0.121. The van der Waals surface area contributed by atoms with Gasteiger partial charge in [-0.25, -0.2) is 0 Å². The molecule has 7 heteroatoms. The summed E-state index contributed by atoms with van der Waals surface area (Å²) >= 11 is 1.34. The normalized spacial score (nSPS) is 13.0. The van der Waals surface area contributed by atoms with Crippen LogP contribution in [0.3, 0.4) is 0 Å². The number of benzene rings is 1. The van der Waals surface area contributed by atoms with Crippen molar-refractivity contribution in [2.75, 3.05) is 0 Å². The predicted octanol–water partition coefficient (Wildman–Crippen LogP) is 2.37. The molecule has 0 saturated carbocycles. The lowest BCUT2D eigenvalue weighted by Crippen LogP contribution is -2.44. The number of hydrogen-bond acceptors (Lipinski definition) is 5. The minimum atomic E-state index is -0.283. The molecule has 1 aromatic heterocycles. The van der Waals surface area contributed by atoms with Crippen molar-refractivity contribution in [3.05, 3.63) is 29.8 Å². The molecule has 0 aliphatic rings. The predicted molar refractivity (Wildman–Crippen MR) is 87.1 cm³/mol. The SMILES string of the molecule is Cc1ccc(-n2nnnc2S[C@@H](C)C(=O)NC(C)(C)C)cc1. The van der Waals surface area contributed by atoms with Crippen LogP contribution in [0.2, 0.25) is 0 Å². The number of carbonyl (C=O) groups is 1. The number of tetrazole rings is 1. The molecule has 0 radical (unpaired) electrons. The molecule has 1 heterocycles. The van der Waals surface area contributed by atoms with E-state index in [1.165, 1.54) is 17.3 Å². The highest BCUT2D eigenvalue weighted by Crippen LogP contribution is 2.23. The van der Waals surface area contributed by atoms with Gasteiger partial charge < -0.3 is 5.32 Å². The second-order valence-electron chi connectivity index (χ2n) is 6.21. The zero-order chi connectivity index (χ0) is 16.3. The van der Waals surface area contributed by atoms with Crippen molar-refractivity contribution < 1.29 is 4.79 Å². The van der Waals surface area contributed by atoms with E-state index < -0.39 is 0 Å². The number of thioether (sulfide) groups is 1. The van der Waals surface area contributed by atoms with Crippen LogP contribution >= 0.6 is 11.8 Å². The van der Waals surface area contributed by atoms with Gasteiger partial charge in [0.05, 0.1) is 10.9 Å². The topological polar surface area (TPSA) is 72.7 Å². The number of amides is 1. The van der Waals surface area contributed by atoms with E-state index in [1.807, 2.05) is 58.9 Å². The molecule has 0 aliphatic heterocycles. The third kappa shape index (κ3) is 4.30. The summed E-state index contributed by atoms with van der Waals surface area (Å²) in [6, 6.07) is 7.91. The molecule has 0 saturated heterocycles. The Morgan fingerprint density at radius 1 is 1.27 bits per heavy atom. The Morgan fingerprint density at radius 2 is 1.91 bits per heavy atom. The Kier molecular flexibility index (Phi) is 4.85. The standard InChI is InChI=1S/C15H21N5OS/c1-10-6-8-12(9-7-10)20-14(17-18-19-20)22-11(2)13(21)16-15(3,4)5/h6-9,11H,1-5H3,(H,16,21)/t11-/m0/s1. The molecule has 0 unspecified atom stereocenters. The number of carbonyl (C=O) groups excluding carboxylic acids is 1. The van der Waals surface area contributed by atoms with E-state index in [0.29, 0.717) is 5.16 Å².